The number of hydrazone groups is 2. The highest BCUT2D eigenvalue weighted by atomic mass is 79.9. The van der Waals surface area contributed by atoms with Gasteiger partial charge in [0.15, 0.2) is 6.04 Å². The molecule has 3 N–H and O–H groups in total. The topological polar surface area (TPSA) is 112 Å². The molecule has 1 saturated carbocycles. The van der Waals surface area contributed by atoms with Crippen LogP contribution in [0, 0.1) is 11.8 Å². The molecule has 0 bridgehead atoms. The normalized spacial score (nSPS) is 20.9. The molecular weight excluding hydrogens is 498 g/mol. The van der Waals surface area contributed by atoms with Gasteiger partial charge in [0, 0.05) is 21.9 Å². The Bertz CT molecular complexity index is 1150. The number of halogens is 1. The SMILES string of the molecule is C/C(=N\NC(=O)C(NC(=O)c1ccccc1)C1=NNC(=O)C2CCCCC12)c1cccc(Br)c1. The molecule has 8 nitrogen and oxygen atoms in total. The molecule has 3 amide bonds. The van der Waals surface area contributed by atoms with Crippen molar-refractivity contribution in [3.63, 3.8) is 0 Å². The van der Waals surface area contributed by atoms with Crippen LogP contribution in [-0.2, 0) is 9.59 Å². The van der Waals surface area contributed by atoms with Crippen LogP contribution in [0.4, 0.5) is 0 Å². The summed E-state index contributed by atoms with van der Waals surface area (Å²) >= 11 is 3.43. The van der Waals surface area contributed by atoms with E-state index in [1.165, 1.54) is 0 Å². The van der Waals surface area contributed by atoms with E-state index in [-0.39, 0.29) is 17.7 Å². The molecule has 1 heterocycles. The summed E-state index contributed by atoms with van der Waals surface area (Å²) in [6.07, 6.45) is 3.36. The average Bonchev–Trinajstić information content (AvgIpc) is 2.87. The predicted octanol–water partition coefficient (Wildman–Crippen LogP) is 3.38. The molecule has 0 saturated heterocycles. The number of fused-ring (bicyclic) bond motifs is 1. The molecule has 3 unspecified atom stereocenters. The van der Waals surface area contributed by atoms with Gasteiger partial charge in [0.25, 0.3) is 11.8 Å². The van der Waals surface area contributed by atoms with Crippen LogP contribution in [0.1, 0.15) is 48.5 Å². The summed E-state index contributed by atoms with van der Waals surface area (Å²) in [7, 11) is 0. The van der Waals surface area contributed by atoms with Crippen LogP contribution < -0.4 is 16.2 Å². The summed E-state index contributed by atoms with van der Waals surface area (Å²) in [6.45, 7) is 1.79. The van der Waals surface area contributed by atoms with Gasteiger partial charge in [0.05, 0.1) is 11.4 Å². The number of nitrogens with one attached hydrogen (secondary N) is 3. The Morgan fingerprint density at radius 1 is 1.06 bits per heavy atom. The van der Waals surface area contributed by atoms with Gasteiger partial charge in [-0.2, -0.15) is 10.2 Å². The molecule has 9 heteroatoms. The number of carbonyl (C=O) groups excluding carboxylic acids is 3. The number of nitrogens with zero attached hydrogens (tertiary/aromatic N) is 2. The first-order valence-corrected chi connectivity index (χ1v) is 12.1. The van der Waals surface area contributed by atoms with Gasteiger partial charge in [-0.1, -0.05) is 59.1 Å². The lowest BCUT2D eigenvalue weighted by Crippen LogP contribution is -2.57. The van der Waals surface area contributed by atoms with Crippen molar-refractivity contribution in [3.8, 4) is 0 Å². The molecular formula is C25H26BrN5O3. The highest BCUT2D eigenvalue weighted by Gasteiger charge is 2.42. The Balaban J connectivity index is 1.60. The fraction of sp³-hybridized carbons (Fsp3) is 0.320. The molecule has 34 heavy (non-hydrogen) atoms. The van der Waals surface area contributed by atoms with Crippen LogP contribution in [0.5, 0.6) is 0 Å². The van der Waals surface area contributed by atoms with Crippen molar-refractivity contribution < 1.29 is 14.4 Å². The van der Waals surface area contributed by atoms with Crippen LogP contribution in [-0.4, -0.2) is 35.2 Å². The average molecular weight is 524 g/mol. The first-order chi connectivity index (χ1) is 16.4. The number of benzene rings is 2. The van der Waals surface area contributed by atoms with Crippen molar-refractivity contribution in [2.24, 2.45) is 22.0 Å². The molecule has 0 spiro atoms. The molecule has 1 aliphatic heterocycles. The molecule has 1 fully saturated rings. The zero-order valence-electron chi connectivity index (χ0n) is 18.8. The van der Waals surface area contributed by atoms with E-state index in [1.807, 2.05) is 30.3 Å². The van der Waals surface area contributed by atoms with E-state index >= 15 is 0 Å². The van der Waals surface area contributed by atoms with E-state index < -0.39 is 17.9 Å². The fourth-order valence-corrected chi connectivity index (χ4v) is 4.82. The minimum atomic E-state index is -1.07. The van der Waals surface area contributed by atoms with Crippen molar-refractivity contribution in [2.75, 3.05) is 0 Å². The Morgan fingerprint density at radius 2 is 1.76 bits per heavy atom. The van der Waals surface area contributed by atoms with Gasteiger partial charge in [-0.05, 0) is 49.6 Å². The minimum absolute atomic E-state index is 0.134. The van der Waals surface area contributed by atoms with Gasteiger partial charge in [-0.15, -0.1) is 0 Å². The monoisotopic (exact) mass is 523 g/mol. The standard InChI is InChI=1S/C25H26BrN5O3/c1-15(17-10-7-11-18(26)14-17)28-31-25(34)22(27-23(32)16-8-3-2-4-9-16)21-19-12-5-6-13-20(19)24(33)30-29-21/h2-4,7-11,14,19-20,22H,5-6,12-13H2,1H3,(H,27,32)(H,30,33)(H,31,34)/b28-15+. The third-order valence-corrected chi connectivity index (χ3v) is 6.72. The summed E-state index contributed by atoms with van der Waals surface area (Å²) in [4.78, 5) is 38.7. The quantitative estimate of drug-likeness (QED) is 0.398. The zero-order chi connectivity index (χ0) is 24.1. The second-order valence-corrected chi connectivity index (χ2v) is 9.38. The molecule has 2 aromatic rings. The van der Waals surface area contributed by atoms with Crippen LogP contribution in [0.3, 0.4) is 0 Å². The van der Waals surface area contributed by atoms with Crippen molar-refractivity contribution in [2.45, 2.75) is 38.6 Å². The molecule has 0 radical (unpaired) electrons. The van der Waals surface area contributed by atoms with Crippen LogP contribution in [0.25, 0.3) is 0 Å². The summed E-state index contributed by atoms with van der Waals surface area (Å²) in [5.41, 5.74) is 7.48. The summed E-state index contributed by atoms with van der Waals surface area (Å²) in [6, 6.07) is 15.2. The second-order valence-electron chi connectivity index (χ2n) is 8.47. The van der Waals surface area contributed by atoms with E-state index in [1.54, 1.807) is 31.2 Å². The third-order valence-electron chi connectivity index (χ3n) is 6.22. The first kappa shape index (κ1) is 23.8. The lowest BCUT2D eigenvalue weighted by molar-refractivity contribution is -0.128. The fourth-order valence-electron chi connectivity index (χ4n) is 4.42. The molecule has 0 aromatic heterocycles. The van der Waals surface area contributed by atoms with E-state index in [4.69, 9.17) is 0 Å². The molecule has 176 valence electrons. The number of hydrogen-bond acceptors (Lipinski definition) is 5. The Morgan fingerprint density at radius 3 is 2.50 bits per heavy atom. The second kappa shape index (κ2) is 10.7. The number of rotatable bonds is 6. The molecule has 4 rings (SSSR count). The van der Waals surface area contributed by atoms with Gasteiger partial charge in [-0.25, -0.2) is 10.9 Å². The zero-order valence-corrected chi connectivity index (χ0v) is 20.3. The molecule has 2 aromatic carbocycles. The maximum atomic E-state index is 13.3. The van der Waals surface area contributed by atoms with Gasteiger partial charge in [0.2, 0.25) is 5.91 Å². The van der Waals surface area contributed by atoms with Crippen molar-refractivity contribution >= 4 is 45.1 Å². The van der Waals surface area contributed by atoms with Gasteiger partial charge >= 0.3 is 0 Å². The van der Waals surface area contributed by atoms with Gasteiger partial charge in [-0.3, -0.25) is 14.4 Å². The van der Waals surface area contributed by atoms with Crippen LogP contribution in [0.15, 0.2) is 69.3 Å². The van der Waals surface area contributed by atoms with E-state index in [9.17, 15) is 14.4 Å². The summed E-state index contributed by atoms with van der Waals surface area (Å²) in [5.74, 6) is -1.51. The maximum Gasteiger partial charge on any atom is 0.268 e. The molecule has 3 atom stereocenters. The maximum absolute atomic E-state index is 13.3. The molecule has 2 aliphatic rings. The van der Waals surface area contributed by atoms with Crippen LogP contribution in [0.2, 0.25) is 0 Å². The Hall–Kier alpha value is -3.33. The van der Waals surface area contributed by atoms with Crippen molar-refractivity contribution in [1.29, 1.82) is 0 Å². The summed E-state index contributed by atoms with van der Waals surface area (Å²) < 4.78 is 0.898. The van der Waals surface area contributed by atoms with E-state index in [0.717, 1.165) is 35.7 Å². The lowest BCUT2D eigenvalue weighted by atomic mass is 9.73. The minimum Gasteiger partial charge on any atom is -0.335 e. The molecule has 1 aliphatic carbocycles. The lowest BCUT2D eigenvalue weighted by Gasteiger charge is -2.36. The predicted molar refractivity (Wildman–Crippen MR) is 133 cm³/mol. The summed E-state index contributed by atoms with van der Waals surface area (Å²) in [5, 5.41) is 11.3. The van der Waals surface area contributed by atoms with E-state index in [2.05, 4.69) is 42.3 Å². The largest absolute Gasteiger partial charge is 0.335 e. The first-order valence-electron chi connectivity index (χ1n) is 11.3. The highest BCUT2D eigenvalue weighted by molar-refractivity contribution is 9.10. The highest BCUT2D eigenvalue weighted by Crippen LogP contribution is 2.34. The van der Waals surface area contributed by atoms with Crippen LogP contribution >= 0.6 is 15.9 Å². The number of amides is 3. The Kier molecular flexibility index (Phi) is 7.52. The van der Waals surface area contributed by atoms with E-state index in [0.29, 0.717) is 17.0 Å². The third kappa shape index (κ3) is 5.41. The smallest absolute Gasteiger partial charge is 0.268 e. The van der Waals surface area contributed by atoms with Crippen molar-refractivity contribution in [3.05, 3.63) is 70.2 Å². The number of carbonyl (C=O) groups is 3. The van der Waals surface area contributed by atoms with Gasteiger partial charge in [0.1, 0.15) is 0 Å². The van der Waals surface area contributed by atoms with Gasteiger partial charge < -0.3 is 5.32 Å². The van der Waals surface area contributed by atoms with Crippen molar-refractivity contribution in [1.82, 2.24) is 16.2 Å². The Labute approximate surface area is 206 Å². The number of hydrogen-bond donors (Lipinski definition) is 3.